The molecule has 2 aromatic rings. The van der Waals surface area contributed by atoms with E-state index in [-0.39, 0.29) is 0 Å². The van der Waals surface area contributed by atoms with Crippen LogP contribution in [0.15, 0.2) is 48.6 Å². The minimum atomic E-state index is 0.734. The van der Waals surface area contributed by atoms with Crippen LogP contribution in [0.1, 0.15) is 44.1 Å². The van der Waals surface area contributed by atoms with Crippen LogP contribution in [0.4, 0.5) is 0 Å². The van der Waals surface area contributed by atoms with Gasteiger partial charge < -0.3 is 4.74 Å². The van der Waals surface area contributed by atoms with Crippen LogP contribution >= 0.6 is 0 Å². The molecule has 1 saturated carbocycles. The number of methoxy groups -OCH3 is 1. The van der Waals surface area contributed by atoms with Gasteiger partial charge in [0.15, 0.2) is 0 Å². The van der Waals surface area contributed by atoms with Crippen molar-refractivity contribution >= 4 is 10.8 Å². The average Bonchev–Trinajstić information content (AvgIpc) is 2.55. The summed E-state index contributed by atoms with van der Waals surface area (Å²) in [6, 6.07) is 13.3. The summed E-state index contributed by atoms with van der Waals surface area (Å²) in [5, 5.41) is 2.59. The van der Waals surface area contributed by atoms with E-state index in [2.05, 4.69) is 55.5 Å². The quantitative estimate of drug-likeness (QED) is 0.655. The Morgan fingerprint density at radius 3 is 2.38 bits per heavy atom. The highest BCUT2D eigenvalue weighted by atomic mass is 16.5. The predicted octanol–water partition coefficient (Wildman–Crippen LogP) is 5.70. The molecular formula is C20H24O. The first kappa shape index (κ1) is 14.2. The van der Waals surface area contributed by atoms with Crippen LogP contribution < -0.4 is 4.74 Å². The van der Waals surface area contributed by atoms with Crippen LogP contribution in [0.2, 0.25) is 0 Å². The summed E-state index contributed by atoms with van der Waals surface area (Å²) < 4.78 is 5.30. The lowest BCUT2D eigenvalue weighted by Gasteiger charge is -2.27. The molecule has 0 aliphatic heterocycles. The Morgan fingerprint density at radius 1 is 0.952 bits per heavy atom. The van der Waals surface area contributed by atoms with Gasteiger partial charge in [-0.15, -0.1) is 0 Å². The second-order valence-corrected chi connectivity index (χ2v) is 6.11. The van der Waals surface area contributed by atoms with Crippen LogP contribution in [0.25, 0.3) is 10.8 Å². The summed E-state index contributed by atoms with van der Waals surface area (Å²) >= 11 is 0. The second kappa shape index (κ2) is 6.34. The molecule has 1 fully saturated rings. The third-order valence-corrected chi connectivity index (χ3v) is 4.78. The van der Waals surface area contributed by atoms with Crippen molar-refractivity contribution in [3.63, 3.8) is 0 Å². The molecule has 110 valence electrons. The van der Waals surface area contributed by atoms with E-state index < -0.39 is 0 Å². The number of benzene rings is 2. The van der Waals surface area contributed by atoms with Crippen LogP contribution in [-0.2, 0) is 0 Å². The maximum atomic E-state index is 5.30. The van der Waals surface area contributed by atoms with E-state index in [0.29, 0.717) is 0 Å². The largest absolute Gasteiger partial charge is 0.497 e. The molecule has 21 heavy (non-hydrogen) atoms. The number of ether oxygens (including phenoxy) is 1. The molecule has 0 bridgehead atoms. The standard InChI is InChI=1S/C20H24O/c1-3-4-15-5-7-16(8-6-15)17-9-10-19-14-20(21-2)12-11-18(19)13-17/h3-4,9-16H,5-8H2,1-2H3/b4-3+. The molecule has 0 radical (unpaired) electrons. The van der Waals surface area contributed by atoms with E-state index in [4.69, 9.17) is 4.74 Å². The lowest BCUT2D eigenvalue weighted by Crippen LogP contribution is -2.11. The molecule has 1 aliphatic carbocycles. The predicted molar refractivity (Wildman–Crippen MR) is 90.0 cm³/mol. The van der Waals surface area contributed by atoms with Crippen LogP contribution in [0, 0.1) is 5.92 Å². The van der Waals surface area contributed by atoms with Gasteiger partial charge in [-0.25, -0.2) is 0 Å². The van der Waals surface area contributed by atoms with Crippen molar-refractivity contribution in [3.05, 3.63) is 54.1 Å². The summed E-state index contributed by atoms with van der Waals surface area (Å²) in [6.07, 6.45) is 9.87. The Morgan fingerprint density at radius 2 is 1.67 bits per heavy atom. The molecule has 0 amide bonds. The van der Waals surface area contributed by atoms with Crippen molar-refractivity contribution in [2.45, 2.75) is 38.5 Å². The molecule has 3 rings (SSSR count). The Kier molecular flexibility index (Phi) is 4.28. The zero-order valence-electron chi connectivity index (χ0n) is 13.0. The highest BCUT2D eigenvalue weighted by molar-refractivity contribution is 5.84. The maximum Gasteiger partial charge on any atom is 0.119 e. The molecule has 0 aromatic heterocycles. The topological polar surface area (TPSA) is 9.23 Å². The first-order chi connectivity index (χ1) is 10.3. The lowest BCUT2D eigenvalue weighted by atomic mass is 9.78. The lowest BCUT2D eigenvalue weighted by molar-refractivity contribution is 0.376. The van der Waals surface area contributed by atoms with Crippen LogP contribution in [0.3, 0.4) is 0 Å². The number of allylic oxidation sites excluding steroid dienone is 2. The zero-order valence-corrected chi connectivity index (χ0v) is 13.0. The van der Waals surface area contributed by atoms with Gasteiger partial charge >= 0.3 is 0 Å². The molecule has 1 nitrogen and oxygen atoms in total. The fourth-order valence-corrected chi connectivity index (χ4v) is 3.54. The Labute approximate surface area is 127 Å². The fraction of sp³-hybridized carbons (Fsp3) is 0.400. The molecule has 1 heteroatoms. The Balaban J connectivity index is 1.79. The molecule has 1 aliphatic rings. The van der Waals surface area contributed by atoms with Crippen LogP contribution in [0.5, 0.6) is 5.75 Å². The summed E-state index contributed by atoms with van der Waals surface area (Å²) in [4.78, 5) is 0. The summed E-state index contributed by atoms with van der Waals surface area (Å²) in [7, 11) is 1.72. The molecule has 0 saturated heterocycles. The molecular weight excluding hydrogens is 256 g/mol. The summed E-state index contributed by atoms with van der Waals surface area (Å²) in [5.74, 6) is 2.47. The number of rotatable bonds is 3. The van der Waals surface area contributed by atoms with Gasteiger partial charge in [-0.1, -0.05) is 36.4 Å². The highest BCUT2D eigenvalue weighted by Crippen LogP contribution is 2.37. The fourth-order valence-electron chi connectivity index (χ4n) is 3.54. The van der Waals surface area contributed by atoms with Gasteiger partial charge in [0, 0.05) is 0 Å². The molecule has 2 aromatic carbocycles. The Bertz CT molecular complexity index is 633. The van der Waals surface area contributed by atoms with Crippen molar-refractivity contribution < 1.29 is 4.74 Å². The third kappa shape index (κ3) is 3.12. The van der Waals surface area contributed by atoms with E-state index in [1.807, 2.05) is 0 Å². The van der Waals surface area contributed by atoms with Gasteiger partial charge in [-0.2, -0.15) is 0 Å². The smallest absolute Gasteiger partial charge is 0.119 e. The van der Waals surface area contributed by atoms with Gasteiger partial charge in [-0.05, 0) is 72.9 Å². The molecule has 0 N–H and O–H groups in total. The minimum absolute atomic E-state index is 0.734. The molecule has 0 atom stereocenters. The van der Waals surface area contributed by atoms with Gasteiger partial charge in [0.05, 0.1) is 7.11 Å². The van der Waals surface area contributed by atoms with E-state index in [0.717, 1.165) is 17.6 Å². The second-order valence-electron chi connectivity index (χ2n) is 6.11. The van der Waals surface area contributed by atoms with Crippen molar-refractivity contribution in [3.8, 4) is 5.75 Å². The van der Waals surface area contributed by atoms with Gasteiger partial charge in [0.25, 0.3) is 0 Å². The van der Waals surface area contributed by atoms with E-state index in [9.17, 15) is 0 Å². The minimum Gasteiger partial charge on any atom is -0.497 e. The number of hydrogen-bond acceptors (Lipinski definition) is 1. The first-order valence-electron chi connectivity index (χ1n) is 8.00. The van der Waals surface area contributed by atoms with Crippen molar-refractivity contribution in [2.24, 2.45) is 5.92 Å². The number of fused-ring (bicyclic) bond motifs is 1. The zero-order chi connectivity index (χ0) is 14.7. The number of hydrogen-bond donors (Lipinski definition) is 0. The average molecular weight is 280 g/mol. The maximum absolute atomic E-state index is 5.30. The monoisotopic (exact) mass is 280 g/mol. The molecule has 0 unspecified atom stereocenters. The van der Waals surface area contributed by atoms with E-state index >= 15 is 0 Å². The van der Waals surface area contributed by atoms with Crippen molar-refractivity contribution in [1.29, 1.82) is 0 Å². The van der Waals surface area contributed by atoms with E-state index in [1.54, 1.807) is 7.11 Å². The van der Waals surface area contributed by atoms with Gasteiger partial charge in [0.2, 0.25) is 0 Å². The van der Waals surface area contributed by atoms with Gasteiger partial charge in [-0.3, -0.25) is 0 Å². The first-order valence-corrected chi connectivity index (χ1v) is 8.00. The highest BCUT2D eigenvalue weighted by Gasteiger charge is 2.20. The van der Waals surface area contributed by atoms with Crippen molar-refractivity contribution in [2.75, 3.05) is 7.11 Å². The Hall–Kier alpha value is -1.76. The van der Waals surface area contributed by atoms with Crippen molar-refractivity contribution in [1.82, 2.24) is 0 Å². The summed E-state index contributed by atoms with van der Waals surface area (Å²) in [5.41, 5.74) is 1.51. The summed E-state index contributed by atoms with van der Waals surface area (Å²) in [6.45, 7) is 2.13. The molecule has 0 spiro atoms. The van der Waals surface area contributed by atoms with E-state index in [1.165, 1.54) is 42.0 Å². The normalized spacial score (nSPS) is 22.8. The molecule has 0 heterocycles. The SMILES string of the molecule is C/C=C/C1CCC(c2ccc3cc(OC)ccc3c2)CC1. The van der Waals surface area contributed by atoms with Gasteiger partial charge in [0.1, 0.15) is 5.75 Å². The van der Waals surface area contributed by atoms with Crippen LogP contribution in [-0.4, -0.2) is 7.11 Å². The third-order valence-electron chi connectivity index (χ3n) is 4.78.